The average Bonchev–Trinajstić information content (AvgIpc) is 2.93. The predicted molar refractivity (Wildman–Crippen MR) is 89.2 cm³/mol. The van der Waals surface area contributed by atoms with Crippen LogP contribution >= 0.6 is 34.8 Å². The number of fused-ring (bicyclic) bond motifs is 1. The average molecular weight is 371 g/mol. The third-order valence-corrected chi connectivity index (χ3v) is 4.24. The number of nitrogens with one attached hydrogen (secondary N) is 1. The molecule has 3 N–H and O–H groups in total. The lowest BCUT2D eigenvalue weighted by atomic mass is 9.98. The molecule has 2 heterocycles. The molecule has 2 aromatic heterocycles. The van der Waals surface area contributed by atoms with E-state index in [1.807, 2.05) is 0 Å². The lowest BCUT2D eigenvalue weighted by molar-refractivity contribution is 0.0997. The Morgan fingerprint density at radius 2 is 2.13 bits per heavy atom. The summed E-state index contributed by atoms with van der Waals surface area (Å²) in [5.41, 5.74) is 7.34. The number of aromatic amines is 1. The van der Waals surface area contributed by atoms with Gasteiger partial charge in [-0.1, -0.05) is 29.3 Å². The first-order valence-electron chi connectivity index (χ1n) is 6.53. The van der Waals surface area contributed by atoms with Gasteiger partial charge in [0.05, 0.1) is 11.9 Å². The minimum atomic E-state index is -0.673. The number of nitrogens with two attached hydrogens (primary N) is 1. The maximum absolute atomic E-state index is 11.3. The number of nitrogens with zero attached hydrogens (tertiary/aromatic N) is 3. The number of rotatable bonds is 4. The quantitative estimate of drug-likeness (QED) is 0.689. The molecule has 0 bridgehead atoms. The van der Waals surface area contributed by atoms with E-state index in [1.165, 1.54) is 6.20 Å². The molecule has 6 nitrogen and oxygen atoms in total. The number of H-pyrrole nitrogens is 1. The normalized spacial score (nSPS) is 12.5. The fraction of sp³-hybridized carbons (Fsp3) is 0.143. The van der Waals surface area contributed by atoms with Gasteiger partial charge in [0.25, 0.3) is 5.91 Å². The van der Waals surface area contributed by atoms with E-state index in [0.717, 1.165) is 5.56 Å². The van der Waals surface area contributed by atoms with Gasteiger partial charge in [-0.05, 0) is 17.7 Å². The number of halogens is 3. The highest BCUT2D eigenvalue weighted by molar-refractivity contribution is 6.35. The number of hydrogen-bond donors (Lipinski definition) is 2. The van der Waals surface area contributed by atoms with E-state index < -0.39 is 5.91 Å². The molecule has 0 saturated heterocycles. The zero-order valence-corrected chi connectivity index (χ0v) is 13.8. The van der Waals surface area contributed by atoms with Crippen LogP contribution in [0, 0.1) is 0 Å². The van der Waals surface area contributed by atoms with Crippen molar-refractivity contribution in [1.82, 2.24) is 20.2 Å². The van der Waals surface area contributed by atoms with Gasteiger partial charge < -0.3 is 5.73 Å². The zero-order chi connectivity index (χ0) is 16.6. The fourth-order valence-corrected chi connectivity index (χ4v) is 3.13. The number of hydrogen-bond acceptors (Lipinski definition) is 4. The van der Waals surface area contributed by atoms with Crippen LogP contribution < -0.4 is 5.73 Å². The first-order valence-corrected chi connectivity index (χ1v) is 7.82. The topological polar surface area (TPSA) is 97.6 Å². The number of carbonyl (C=O) groups excluding carboxylic acids is 1. The Morgan fingerprint density at radius 1 is 1.35 bits per heavy atom. The number of primary amides is 1. The highest BCUT2D eigenvalue weighted by Crippen LogP contribution is 2.32. The van der Waals surface area contributed by atoms with Gasteiger partial charge in [-0.25, -0.2) is 9.97 Å². The number of carbonyl (C=O) groups is 1. The van der Waals surface area contributed by atoms with Crippen molar-refractivity contribution in [3.05, 3.63) is 51.4 Å². The fourth-order valence-electron chi connectivity index (χ4n) is 2.26. The molecule has 0 aliphatic carbocycles. The molecule has 3 aromatic rings. The Bertz CT molecular complexity index is 895. The Kier molecular flexibility index (Phi) is 4.39. The minimum absolute atomic E-state index is 0.0472. The number of aromatic nitrogens is 4. The molecule has 0 radical (unpaired) electrons. The molecule has 23 heavy (non-hydrogen) atoms. The maximum atomic E-state index is 11.3. The number of alkyl halides is 1. The van der Waals surface area contributed by atoms with Crippen LogP contribution in [0.1, 0.15) is 27.7 Å². The number of amides is 1. The second kappa shape index (κ2) is 6.31. The van der Waals surface area contributed by atoms with Crippen molar-refractivity contribution in [3.8, 4) is 0 Å². The number of benzene rings is 1. The Labute approximate surface area is 146 Å². The second-order valence-corrected chi connectivity index (χ2v) is 5.95. The monoisotopic (exact) mass is 369 g/mol. The lowest BCUT2D eigenvalue weighted by Crippen LogP contribution is -2.12. The van der Waals surface area contributed by atoms with Crippen LogP contribution in [0.4, 0.5) is 0 Å². The molecule has 0 aliphatic heterocycles. The summed E-state index contributed by atoms with van der Waals surface area (Å²) in [5, 5.41) is 7.49. The summed E-state index contributed by atoms with van der Waals surface area (Å²) >= 11 is 18.3. The minimum Gasteiger partial charge on any atom is -0.364 e. The third-order valence-electron chi connectivity index (χ3n) is 3.37. The smallest absolute Gasteiger partial charge is 0.271 e. The van der Waals surface area contributed by atoms with Crippen LogP contribution in [0.5, 0.6) is 0 Å². The summed E-state index contributed by atoms with van der Waals surface area (Å²) in [4.78, 5) is 19.9. The van der Waals surface area contributed by atoms with E-state index in [4.69, 9.17) is 40.5 Å². The van der Waals surface area contributed by atoms with Crippen LogP contribution in [-0.4, -0.2) is 32.0 Å². The predicted octanol–water partition coefficient (Wildman–Crippen LogP) is 3.13. The molecule has 1 amide bonds. The molecule has 0 aliphatic rings. The van der Waals surface area contributed by atoms with E-state index >= 15 is 0 Å². The van der Waals surface area contributed by atoms with Crippen molar-refractivity contribution in [2.24, 2.45) is 5.73 Å². The summed E-state index contributed by atoms with van der Waals surface area (Å²) in [7, 11) is 0. The molecule has 0 spiro atoms. The molecule has 0 saturated carbocycles. The van der Waals surface area contributed by atoms with Gasteiger partial charge in [-0.15, -0.1) is 11.6 Å². The van der Waals surface area contributed by atoms with Gasteiger partial charge in [0.2, 0.25) is 0 Å². The van der Waals surface area contributed by atoms with E-state index in [0.29, 0.717) is 26.9 Å². The first kappa shape index (κ1) is 16.0. The highest BCUT2D eigenvalue weighted by Gasteiger charge is 2.21. The Balaban J connectivity index is 2.08. The highest BCUT2D eigenvalue weighted by atomic mass is 35.5. The van der Waals surface area contributed by atoms with Gasteiger partial charge in [-0.3, -0.25) is 9.89 Å². The van der Waals surface area contributed by atoms with Crippen LogP contribution in [0.15, 0.2) is 24.4 Å². The molecule has 1 aromatic carbocycles. The van der Waals surface area contributed by atoms with Crippen molar-refractivity contribution in [1.29, 1.82) is 0 Å². The zero-order valence-electron chi connectivity index (χ0n) is 11.6. The van der Waals surface area contributed by atoms with Gasteiger partial charge in [0.1, 0.15) is 5.52 Å². The molecule has 118 valence electrons. The summed E-state index contributed by atoms with van der Waals surface area (Å²) in [6.45, 7) is 0. The SMILES string of the molecule is NC(=O)c1n[nH]c2nc([C@H](CCl)c3ccc(Cl)cc3Cl)cnc12. The molecule has 9 heteroatoms. The van der Waals surface area contributed by atoms with Crippen molar-refractivity contribution < 1.29 is 4.79 Å². The standard InChI is InChI=1S/C14H10Cl3N5O/c15-4-8(7-2-1-6(16)3-9(7)17)10-5-19-12-11(13(18)23)21-22-14(12)20-10/h1-3,5,8H,4H2,(H2,18,23)(H,20,21,22)/t8-/m1/s1. The largest absolute Gasteiger partial charge is 0.364 e. The summed E-state index contributed by atoms with van der Waals surface area (Å²) in [6.07, 6.45) is 1.53. The van der Waals surface area contributed by atoms with Gasteiger partial charge in [-0.2, -0.15) is 5.10 Å². The molecular weight excluding hydrogens is 361 g/mol. The molecule has 1 atom stereocenters. The third kappa shape index (κ3) is 2.97. The van der Waals surface area contributed by atoms with Crippen LogP contribution in [0.3, 0.4) is 0 Å². The van der Waals surface area contributed by atoms with Gasteiger partial charge in [0.15, 0.2) is 11.3 Å². The second-order valence-electron chi connectivity index (χ2n) is 4.80. The summed E-state index contributed by atoms with van der Waals surface area (Å²) in [5.74, 6) is -0.704. The van der Waals surface area contributed by atoms with Crippen molar-refractivity contribution in [2.45, 2.75) is 5.92 Å². The van der Waals surface area contributed by atoms with Crippen molar-refractivity contribution >= 4 is 51.9 Å². The van der Waals surface area contributed by atoms with E-state index in [2.05, 4.69) is 20.2 Å². The molecule has 0 unspecified atom stereocenters. The molecule has 3 rings (SSSR count). The van der Waals surface area contributed by atoms with Crippen molar-refractivity contribution in [3.63, 3.8) is 0 Å². The Morgan fingerprint density at radius 3 is 2.78 bits per heavy atom. The molecule has 0 fully saturated rings. The van der Waals surface area contributed by atoms with Crippen molar-refractivity contribution in [2.75, 3.05) is 5.88 Å². The van der Waals surface area contributed by atoms with Crippen LogP contribution in [0.2, 0.25) is 10.0 Å². The van der Waals surface area contributed by atoms with Gasteiger partial charge in [0, 0.05) is 21.8 Å². The van der Waals surface area contributed by atoms with Gasteiger partial charge >= 0.3 is 0 Å². The maximum Gasteiger partial charge on any atom is 0.271 e. The van der Waals surface area contributed by atoms with E-state index in [1.54, 1.807) is 18.2 Å². The first-order chi connectivity index (χ1) is 11.0. The Hall–Kier alpha value is -1.89. The summed E-state index contributed by atoms with van der Waals surface area (Å²) in [6, 6.07) is 5.17. The molecular formula is C14H10Cl3N5O. The lowest BCUT2D eigenvalue weighted by Gasteiger charge is -2.15. The van der Waals surface area contributed by atoms with E-state index in [9.17, 15) is 4.79 Å². The van der Waals surface area contributed by atoms with E-state index in [-0.39, 0.29) is 17.5 Å². The summed E-state index contributed by atoms with van der Waals surface area (Å²) < 4.78 is 0. The van der Waals surface area contributed by atoms with Crippen LogP contribution in [-0.2, 0) is 0 Å². The van der Waals surface area contributed by atoms with Crippen LogP contribution in [0.25, 0.3) is 11.2 Å².